The minimum Gasteiger partial charge on any atom is -0.309 e. The first kappa shape index (κ1) is 47.8. The number of halogens is 20. The average Bonchev–Trinajstić information content (AvgIpc) is 3.97. The number of carbonyl (C=O) groups excluding carboxylic acids is 1. The van der Waals surface area contributed by atoms with Gasteiger partial charge in [0.15, 0.2) is 69.8 Å². The van der Waals surface area contributed by atoms with E-state index in [9.17, 15) is 57.5 Å². The molecule has 0 aliphatic rings. The van der Waals surface area contributed by atoms with Crippen LogP contribution in [0.15, 0.2) is 54.6 Å². The summed E-state index contributed by atoms with van der Waals surface area (Å²) in [5, 5.41) is 0. The minimum absolute atomic E-state index is 0. The molecular formula is C36H12BF20FeO-. The third-order valence-corrected chi connectivity index (χ3v) is 8.33. The molecule has 6 aromatic rings. The quantitative estimate of drug-likeness (QED) is 0.0423. The molecule has 0 amide bonds. The fourth-order valence-electron chi connectivity index (χ4n) is 5.80. The van der Waals surface area contributed by atoms with Gasteiger partial charge in [-0.15, -0.1) is 21.9 Å². The van der Waals surface area contributed by atoms with Gasteiger partial charge in [-0.3, -0.25) is 0 Å². The van der Waals surface area contributed by atoms with Crippen molar-refractivity contribution in [3.8, 4) is 0 Å². The third kappa shape index (κ3) is 7.84. The Bertz CT molecular complexity index is 2140. The number of hydrogen-bond donors (Lipinski definition) is 0. The van der Waals surface area contributed by atoms with Gasteiger partial charge in [0.2, 0.25) is 0 Å². The van der Waals surface area contributed by atoms with E-state index >= 15 is 35.1 Å². The zero-order chi connectivity index (χ0) is 43.9. The van der Waals surface area contributed by atoms with Crippen LogP contribution in [0.1, 0.15) is 17.3 Å². The monoisotopic (exact) mass is 907 g/mol. The van der Waals surface area contributed by atoms with Crippen molar-refractivity contribution in [2.45, 2.75) is 6.92 Å². The number of Topliss-reactive ketones (excluding diaryl/α,β-unsaturated/α-hetero) is 1. The van der Waals surface area contributed by atoms with Gasteiger partial charge in [0.1, 0.15) is 58.5 Å². The van der Waals surface area contributed by atoms with E-state index in [0.717, 1.165) is 5.56 Å². The molecule has 0 saturated carbocycles. The van der Waals surface area contributed by atoms with Gasteiger partial charge in [0.05, 0.1) is 0 Å². The van der Waals surface area contributed by atoms with Gasteiger partial charge in [-0.05, 0) is 6.92 Å². The largest absolute Gasteiger partial charge is 2.00 e. The van der Waals surface area contributed by atoms with Crippen LogP contribution >= 0.6 is 0 Å². The van der Waals surface area contributed by atoms with Gasteiger partial charge >= 0.3 is 17.1 Å². The molecule has 0 atom stereocenters. The molecule has 0 aromatic heterocycles. The second-order valence-electron chi connectivity index (χ2n) is 11.5. The van der Waals surface area contributed by atoms with Crippen LogP contribution in [0.2, 0.25) is 0 Å². The molecule has 0 aliphatic carbocycles. The molecule has 0 spiro atoms. The van der Waals surface area contributed by atoms with E-state index in [0.29, 0.717) is 0 Å². The summed E-state index contributed by atoms with van der Waals surface area (Å²) in [6.45, 7) is 1.56. The molecule has 0 unspecified atom stereocenters. The van der Waals surface area contributed by atoms with E-state index in [2.05, 4.69) is 0 Å². The Morgan fingerprint density at radius 3 is 0.695 bits per heavy atom. The third-order valence-electron chi connectivity index (χ3n) is 8.33. The summed E-state index contributed by atoms with van der Waals surface area (Å²) < 4.78 is 294. The molecule has 0 aliphatic heterocycles. The molecule has 23 heteroatoms. The summed E-state index contributed by atoms with van der Waals surface area (Å²) in [4.78, 5) is 10.5. The molecule has 0 N–H and O–H groups in total. The predicted molar refractivity (Wildman–Crippen MR) is 163 cm³/mol. The van der Waals surface area contributed by atoms with Crippen molar-refractivity contribution in [1.29, 1.82) is 0 Å². The van der Waals surface area contributed by atoms with Gasteiger partial charge in [0, 0.05) is 0 Å². The molecule has 1 nitrogen and oxygen atoms in total. The van der Waals surface area contributed by atoms with E-state index in [1.165, 1.54) is 0 Å². The van der Waals surface area contributed by atoms with Gasteiger partial charge < -0.3 is 4.79 Å². The minimum atomic E-state index is -7.22. The molecular weight excluding hydrogens is 895 g/mol. The van der Waals surface area contributed by atoms with Crippen LogP contribution in [0.4, 0.5) is 87.8 Å². The van der Waals surface area contributed by atoms with Crippen molar-refractivity contribution in [2.75, 3.05) is 0 Å². The van der Waals surface area contributed by atoms with Crippen LogP contribution in [-0.4, -0.2) is 11.9 Å². The van der Waals surface area contributed by atoms with E-state index in [1.807, 2.05) is 54.6 Å². The molecule has 0 fully saturated rings. The molecule has 6 rings (SSSR count). The number of hydrogen-bond acceptors (Lipinski definition) is 1. The topological polar surface area (TPSA) is 17.1 Å². The van der Waals surface area contributed by atoms with E-state index in [4.69, 9.17) is 0 Å². The van der Waals surface area contributed by atoms with Gasteiger partial charge in [0.25, 0.3) is 0 Å². The van der Waals surface area contributed by atoms with Crippen LogP contribution in [-0.2, 0) is 17.1 Å². The SMILES string of the molecule is CC(=O)[c-]1cccc1.Fc1c(F)c(F)c([B-](c2c(F)c(F)c(F)c(F)c2F)(c2c(F)c(F)c(F)c(F)c2F)c2c(F)c(F)c(F)c(F)c2F)c(F)c1F.[Fe+2].c1cc[cH-]c1. The summed E-state index contributed by atoms with van der Waals surface area (Å²) in [6, 6.07) is 17.3. The maximum Gasteiger partial charge on any atom is 2.00 e. The average molecular weight is 907 g/mol. The standard InChI is InChI=1S/C24BF20.C7H7O.C5H5.Fe/c26-5-1(6(27)14(35)21(42)13(5)34)25(2-7(28)15(36)22(43)16(37)8(2)29,3-9(30)17(38)23(44)18(39)10(3)31)4-11(32)19(40)24(45)20(41)12(4)33;1-6(8)7-4-2-3-5-7;1-2-4-5-3-1;/h;2-5H,1H3;1-5H;/q3*-1;+2. The van der Waals surface area contributed by atoms with E-state index < -0.39 is 144 Å². The first-order valence-corrected chi connectivity index (χ1v) is 15.1. The number of carbonyl (C=O) groups is 1. The van der Waals surface area contributed by atoms with Crippen molar-refractivity contribution in [1.82, 2.24) is 0 Å². The second-order valence-corrected chi connectivity index (χ2v) is 11.5. The van der Waals surface area contributed by atoms with E-state index in [-0.39, 0.29) is 22.9 Å². The number of benzene rings is 4. The molecule has 0 heterocycles. The van der Waals surface area contributed by atoms with Crippen LogP contribution in [0.25, 0.3) is 0 Å². The maximum atomic E-state index is 15.4. The Morgan fingerprint density at radius 1 is 0.373 bits per heavy atom. The van der Waals surface area contributed by atoms with Crippen LogP contribution in [0.5, 0.6) is 0 Å². The fourth-order valence-corrected chi connectivity index (χ4v) is 5.80. The Kier molecular flexibility index (Phi) is 14.7. The van der Waals surface area contributed by atoms with Crippen molar-refractivity contribution in [3.05, 3.63) is 177 Å². The van der Waals surface area contributed by atoms with Crippen molar-refractivity contribution < 1.29 is 110 Å². The summed E-state index contributed by atoms with van der Waals surface area (Å²) in [7, 11) is 0. The van der Waals surface area contributed by atoms with Crippen LogP contribution in [0.3, 0.4) is 0 Å². The summed E-state index contributed by atoms with van der Waals surface area (Å²) in [6.07, 6.45) is -7.22. The predicted octanol–water partition coefficient (Wildman–Crippen LogP) is 8.86. The Hall–Kier alpha value is -5.57. The van der Waals surface area contributed by atoms with Crippen molar-refractivity contribution in [2.24, 2.45) is 0 Å². The zero-order valence-corrected chi connectivity index (χ0v) is 29.2. The Labute approximate surface area is 326 Å². The summed E-state index contributed by atoms with van der Waals surface area (Å²) >= 11 is 0. The van der Waals surface area contributed by atoms with Crippen molar-refractivity contribution in [3.63, 3.8) is 0 Å². The number of ketones is 1. The Morgan fingerprint density at radius 2 is 0.559 bits per heavy atom. The van der Waals surface area contributed by atoms with E-state index in [1.54, 1.807) is 6.92 Å². The first-order chi connectivity index (χ1) is 27.0. The maximum absolute atomic E-state index is 15.4. The fraction of sp³-hybridized carbons (Fsp3) is 0.0278. The molecule has 0 saturated heterocycles. The van der Waals surface area contributed by atoms with Gasteiger partial charge in [-0.1, -0.05) is 5.56 Å². The molecule has 0 bridgehead atoms. The second kappa shape index (κ2) is 18.1. The molecule has 314 valence electrons. The molecule has 0 radical (unpaired) electrons. The zero-order valence-electron chi connectivity index (χ0n) is 28.1. The van der Waals surface area contributed by atoms with Crippen molar-refractivity contribution >= 4 is 33.8 Å². The first-order valence-electron chi connectivity index (χ1n) is 15.1. The Balaban J connectivity index is 0.000000561. The van der Waals surface area contributed by atoms with Gasteiger partial charge in [-0.2, -0.15) is 30.3 Å². The van der Waals surface area contributed by atoms with Crippen LogP contribution in [0, 0.1) is 116 Å². The molecule has 59 heavy (non-hydrogen) atoms. The smallest absolute Gasteiger partial charge is 0.309 e. The normalized spacial score (nSPS) is 11.1. The summed E-state index contributed by atoms with van der Waals surface area (Å²) in [5.74, 6) is -71.3. The molecule has 6 aromatic carbocycles. The summed E-state index contributed by atoms with van der Waals surface area (Å²) in [5.41, 5.74) is -13.5. The number of rotatable bonds is 5. The van der Waals surface area contributed by atoms with Crippen LogP contribution < -0.4 is 21.9 Å². The van der Waals surface area contributed by atoms with Gasteiger partial charge in [-0.25, -0.2) is 112 Å².